The number of para-hydroxylation sites is 1. The van der Waals surface area contributed by atoms with E-state index in [0.29, 0.717) is 16.8 Å². The molecule has 1 aliphatic heterocycles. The number of benzene rings is 1. The molecule has 0 saturated carbocycles. The SMILES string of the molecule is N#CC1=C(N)Oc2c(c(=O)[nH]c3ccccc23)[C@H]1c1ccncc1. The van der Waals surface area contributed by atoms with Gasteiger partial charge in [-0.1, -0.05) is 12.1 Å². The quantitative estimate of drug-likeness (QED) is 0.715. The van der Waals surface area contributed by atoms with Crippen LogP contribution in [0.3, 0.4) is 0 Å². The van der Waals surface area contributed by atoms with Crippen LogP contribution in [0.4, 0.5) is 0 Å². The van der Waals surface area contributed by atoms with Gasteiger partial charge >= 0.3 is 0 Å². The van der Waals surface area contributed by atoms with Crippen LogP contribution < -0.4 is 16.0 Å². The second kappa shape index (κ2) is 5.25. The molecular formula is C18H12N4O2. The summed E-state index contributed by atoms with van der Waals surface area (Å²) in [5, 5.41) is 10.3. The van der Waals surface area contributed by atoms with Gasteiger partial charge in [-0.05, 0) is 29.8 Å². The lowest BCUT2D eigenvalue weighted by molar-refractivity contribution is 0.397. The first-order valence-electron chi connectivity index (χ1n) is 7.33. The molecule has 0 fully saturated rings. The monoisotopic (exact) mass is 316 g/mol. The number of nitrogens with one attached hydrogen (secondary N) is 1. The molecule has 0 amide bonds. The van der Waals surface area contributed by atoms with Crippen LogP contribution in [0, 0.1) is 11.3 Å². The van der Waals surface area contributed by atoms with E-state index in [1.807, 2.05) is 18.2 Å². The number of hydrogen-bond donors (Lipinski definition) is 2. The van der Waals surface area contributed by atoms with Crippen LogP contribution in [0.1, 0.15) is 17.0 Å². The first-order valence-corrected chi connectivity index (χ1v) is 7.33. The lowest BCUT2D eigenvalue weighted by Crippen LogP contribution is -2.27. The van der Waals surface area contributed by atoms with Crippen molar-refractivity contribution >= 4 is 10.9 Å². The van der Waals surface area contributed by atoms with Gasteiger partial charge in [0.15, 0.2) is 0 Å². The molecular weight excluding hydrogens is 304 g/mol. The minimum absolute atomic E-state index is 0.0163. The second-order valence-electron chi connectivity index (χ2n) is 5.45. The third-order valence-corrected chi connectivity index (χ3v) is 4.12. The van der Waals surface area contributed by atoms with Gasteiger partial charge in [0.1, 0.15) is 17.4 Å². The van der Waals surface area contributed by atoms with Crippen LogP contribution in [0.2, 0.25) is 0 Å². The topological polar surface area (TPSA) is 105 Å². The summed E-state index contributed by atoms with van der Waals surface area (Å²) in [6.45, 7) is 0. The van der Waals surface area contributed by atoms with Gasteiger partial charge in [-0.3, -0.25) is 9.78 Å². The van der Waals surface area contributed by atoms with Gasteiger partial charge < -0.3 is 15.5 Å². The average Bonchev–Trinajstić information content (AvgIpc) is 2.61. The molecule has 24 heavy (non-hydrogen) atoms. The summed E-state index contributed by atoms with van der Waals surface area (Å²) in [6.07, 6.45) is 3.23. The van der Waals surface area contributed by atoms with E-state index in [0.717, 1.165) is 10.9 Å². The minimum atomic E-state index is -0.588. The molecule has 0 spiro atoms. The minimum Gasteiger partial charge on any atom is -0.439 e. The van der Waals surface area contributed by atoms with Gasteiger partial charge in [0.2, 0.25) is 5.88 Å². The molecule has 6 heteroatoms. The van der Waals surface area contributed by atoms with Crippen LogP contribution in [-0.2, 0) is 0 Å². The summed E-state index contributed by atoms with van der Waals surface area (Å²) in [5.41, 5.74) is 7.69. The second-order valence-corrected chi connectivity index (χ2v) is 5.45. The molecule has 0 bridgehead atoms. The Bertz CT molecular complexity index is 1080. The highest BCUT2D eigenvalue weighted by atomic mass is 16.5. The van der Waals surface area contributed by atoms with Gasteiger partial charge in [0.25, 0.3) is 5.56 Å². The first-order chi connectivity index (χ1) is 11.7. The smallest absolute Gasteiger partial charge is 0.256 e. The van der Waals surface area contributed by atoms with E-state index in [4.69, 9.17) is 10.5 Å². The number of aromatic nitrogens is 2. The summed E-state index contributed by atoms with van der Waals surface area (Å²) in [7, 11) is 0. The van der Waals surface area contributed by atoms with Crippen LogP contribution >= 0.6 is 0 Å². The van der Waals surface area contributed by atoms with Crippen molar-refractivity contribution in [2.75, 3.05) is 0 Å². The molecule has 2 aromatic heterocycles. The van der Waals surface area contributed by atoms with Crippen molar-refractivity contribution in [1.29, 1.82) is 5.26 Å². The predicted molar refractivity (Wildman–Crippen MR) is 88.1 cm³/mol. The maximum atomic E-state index is 12.7. The number of nitriles is 1. The summed E-state index contributed by atoms with van der Waals surface area (Å²) in [6, 6.07) is 12.9. The normalized spacial score (nSPS) is 16.4. The van der Waals surface area contributed by atoms with Gasteiger partial charge in [0.05, 0.1) is 17.0 Å². The molecule has 0 saturated heterocycles. The molecule has 116 valence electrons. The van der Waals surface area contributed by atoms with Crippen molar-refractivity contribution in [3.63, 3.8) is 0 Å². The van der Waals surface area contributed by atoms with Crippen molar-refractivity contribution < 1.29 is 4.74 Å². The van der Waals surface area contributed by atoms with E-state index in [2.05, 4.69) is 16.0 Å². The van der Waals surface area contributed by atoms with Crippen molar-refractivity contribution in [2.24, 2.45) is 5.73 Å². The van der Waals surface area contributed by atoms with Gasteiger partial charge in [-0.2, -0.15) is 5.26 Å². The fourth-order valence-electron chi connectivity index (χ4n) is 3.06. The standard InChI is InChI=1S/C18H12N4O2/c19-9-12-14(10-5-7-21-8-6-10)15-16(24-17(12)20)11-3-1-2-4-13(11)22-18(15)23/h1-8,14H,20H2,(H,22,23)/t14-/m0/s1. The van der Waals surface area contributed by atoms with E-state index in [1.54, 1.807) is 30.6 Å². The van der Waals surface area contributed by atoms with Crippen LogP contribution in [-0.4, -0.2) is 9.97 Å². The van der Waals surface area contributed by atoms with Crippen molar-refractivity contribution in [3.8, 4) is 11.8 Å². The van der Waals surface area contributed by atoms with Crippen molar-refractivity contribution in [1.82, 2.24) is 9.97 Å². The fraction of sp³-hybridized carbons (Fsp3) is 0.0556. The summed E-state index contributed by atoms with van der Waals surface area (Å²) in [5.74, 6) is -0.176. The zero-order valence-corrected chi connectivity index (χ0v) is 12.5. The lowest BCUT2D eigenvalue weighted by atomic mass is 9.84. The molecule has 1 aromatic carbocycles. The highest BCUT2D eigenvalue weighted by Gasteiger charge is 2.34. The van der Waals surface area contributed by atoms with Crippen LogP contribution in [0.5, 0.6) is 5.75 Å². The Labute approximate surface area is 136 Å². The average molecular weight is 316 g/mol. The number of rotatable bonds is 1. The predicted octanol–water partition coefficient (Wildman–Crippen LogP) is 2.14. The van der Waals surface area contributed by atoms with Gasteiger partial charge in [-0.15, -0.1) is 0 Å². The molecule has 6 nitrogen and oxygen atoms in total. The van der Waals surface area contributed by atoms with E-state index in [1.165, 1.54) is 0 Å². The number of H-pyrrole nitrogens is 1. The summed E-state index contributed by atoms with van der Waals surface area (Å²) < 4.78 is 5.68. The number of hydrogen-bond acceptors (Lipinski definition) is 5. The summed E-state index contributed by atoms with van der Waals surface area (Å²) >= 11 is 0. The largest absolute Gasteiger partial charge is 0.439 e. The van der Waals surface area contributed by atoms with Crippen LogP contribution in [0.25, 0.3) is 10.9 Å². The Morgan fingerprint density at radius 2 is 1.96 bits per heavy atom. The maximum Gasteiger partial charge on any atom is 0.256 e. The number of allylic oxidation sites excluding steroid dienone is 1. The van der Waals surface area contributed by atoms with Gasteiger partial charge in [0, 0.05) is 17.8 Å². The number of nitrogens with two attached hydrogens (primary N) is 1. The van der Waals surface area contributed by atoms with Crippen molar-refractivity contribution in [3.05, 3.63) is 81.7 Å². The molecule has 3 heterocycles. The number of nitrogens with zero attached hydrogens (tertiary/aromatic N) is 2. The van der Waals surface area contributed by atoms with E-state index < -0.39 is 5.92 Å². The van der Waals surface area contributed by atoms with E-state index in [9.17, 15) is 10.1 Å². The number of fused-ring (bicyclic) bond motifs is 3. The number of aromatic amines is 1. The maximum absolute atomic E-state index is 12.7. The molecule has 3 aromatic rings. The molecule has 1 aliphatic rings. The third-order valence-electron chi connectivity index (χ3n) is 4.12. The lowest BCUT2D eigenvalue weighted by Gasteiger charge is -2.26. The fourth-order valence-corrected chi connectivity index (χ4v) is 3.06. The molecule has 0 aliphatic carbocycles. The summed E-state index contributed by atoms with van der Waals surface area (Å²) in [4.78, 5) is 19.5. The highest BCUT2D eigenvalue weighted by Crippen LogP contribution is 2.42. The number of pyridine rings is 2. The first kappa shape index (κ1) is 14.0. The Hall–Kier alpha value is -3.59. The zero-order chi connectivity index (χ0) is 16.7. The molecule has 0 radical (unpaired) electrons. The molecule has 0 unspecified atom stereocenters. The highest BCUT2D eigenvalue weighted by molar-refractivity contribution is 5.87. The Balaban J connectivity index is 2.10. The van der Waals surface area contributed by atoms with E-state index >= 15 is 0 Å². The van der Waals surface area contributed by atoms with Gasteiger partial charge in [-0.25, -0.2) is 0 Å². The Morgan fingerprint density at radius 3 is 2.71 bits per heavy atom. The van der Waals surface area contributed by atoms with Crippen LogP contribution in [0.15, 0.2) is 65.0 Å². The van der Waals surface area contributed by atoms with Crippen molar-refractivity contribution in [2.45, 2.75) is 5.92 Å². The third kappa shape index (κ3) is 1.96. The Morgan fingerprint density at radius 1 is 1.21 bits per heavy atom. The number of ether oxygens (including phenoxy) is 1. The van der Waals surface area contributed by atoms with E-state index in [-0.39, 0.29) is 17.0 Å². The molecule has 4 rings (SSSR count). The Kier molecular flexibility index (Phi) is 3.07. The molecule has 1 atom stereocenters. The molecule has 3 N–H and O–H groups in total. The zero-order valence-electron chi connectivity index (χ0n) is 12.5.